The van der Waals surface area contributed by atoms with Crippen molar-refractivity contribution in [3.63, 3.8) is 0 Å². The van der Waals surface area contributed by atoms with Crippen LogP contribution in [-0.4, -0.2) is 47.5 Å². The molecule has 29 heavy (non-hydrogen) atoms. The number of aromatic nitrogens is 4. The van der Waals surface area contributed by atoms with E-state index in [1.165, 1.54) is 28.0 Å². The molecule has 3 aromatic heterocycles. The van der Waals surface area contributed by atoms with Gasteiger partial charge in [-0.2, -0.15) is 4.52 Å². The fourth-order valence-corrected chi connectivity index (χ4v) is 5.75. The molecule has 1 atom stereocenters. The molecular weight excluding hydrogens is 434 g/mol. The van der Waals surface area contributed by atoms with Gasteiger partial charge in [0.1, 0.15) is 5.82 Å². The Balaban J connectivity index is 1.63. The molecule has 4 heterocycles. The van der Waals surface area contributed by atoms with Gasteiger partial charge < -0.3 is 10.1 Å². The average Bonchev–Trinajstić information content (AvgIpc) is 3.45. The molecule has 1 saturated heterocycles. The Morgan fingerprint density at radius 2 is 2.24 bits per heavy atom. The highest BCUT2D eigenvalue weighted by Crippen LogP contribution is 2.31. The van der Waals surface area contributed by atoms with Crippen molar-refractivity contribution < 1.29 is 13.2 Å². The number of halogens is 1. The molecular formula is C18H16ClN5O3S2. The normalized spacial score (nSPS) is 17.3. The molecule has 0 radical (unpaired) electrons. The van der Waals surface area contributed by atoms with E-state index in [-0.39, 0.29) is 21.7 Å². The highest BCUT2D eigenvalue weighted by atomic mass is 35.5. The number of rotatable bonds is 5. The van der Waals surface area contributed by atoms with Gasteiger partial charge in [-0.3, -0.25) is 0 Å². The fourth-order valence-electron chi connectivity index (χ4n) is 3.38. The predicted octanol–water partition coefficient (Wildman–Crippen LogP) is 3.42. The molecule has 0 spiro atoms. The van der Waals surface area contributed by atoms with Crippen LogP contribution in [0.4, 0.5) is 5.82 Å². The van der Waals surface area contributed by atoms with Crippen LogP contribution in [0.25, 0.3) is 15.9 Å². The van der Waals surface area contributed by atoms with Crippen LogP contribution in [0.3, 0.4) is 0 Å². The summed E-state index contributed by atoms with van der Waals surface area (Å²) in [5.41, 5.74) is 0.917. The second-order valence-electron chi connectivity index (χ2n) is 6.70. The molecule has 1 aliphatic rings. The van der Waals surface area contributed by atoms with Gasteiger partial charge in [0.25, 0.3) is 0 Å². The van der Waals surface area contributed by atoms with Gasteiger partial charge in [0.05, 0.1) is 21.2 Å². The number of anilines is 1. The molecule has 0 saturated carbocycles. The van der Waals surface area contributed by atoms with Gasteiger partial charge in [0, 0.05) is 18.2 Å². The summed E-state index contributed by atoms with van der Waals surface area (Å²) in [6.07, 6.45) is 2.16. The summed E-state index contributed by atoms with van der Waals surface area (Å²) in [5.74, 6) is 0.600. The lowest BCUT2D eigenvalue weighted by Crippen LogP contribution is -2.19. The van der Waals surface area contributed by atoms with E-state index < -0.39 is 9.84 Å². The van der Waals surface area contributed by atoms with Crippen LogP contribution in [-0.2, 0) is 14.6 Å². The van der Waals surface area contributed by atoms with Gasteiger partial charge in [-0.05, 0) is 42.5 Å². The lowest BCUT2D eigenvalue weighted by atomic mass is 10.2. The molecule has 0 aliphatic carbocycles. The van der Waals surface area contributed by atoms with E-state index in [2.05, 4.69) is 20.6 Å². The van der Waals surface area contributed by atoms with Crippen LogP contribution < -0.4 is 5.32 Å². The lowest BCUT2D eigenvalue weighted by Gasteiger charge is -2.12. The van der Waals surface area contributed by atoms with Crippen LogP contribution >= 0.6 is 22.9 Å². The molecule has 150 valence electrons. The number of hydrogen-bond acceptors (Lipinski definition) is 8. The van der Waals surface area contributed by atoms with Gasteiger partial charge in [-0.15, -0.1) is 16.4 Å². The maximum Gasteiger partial charge on any atom is 0.229 e. The first-order valence-electron chi connectivity index (χ1n) is 9.03. The maximum atomic E-state index is 13.2. The van der Waals surface area contributed by atoms with Crippen molar-refractivity contribution in [3.05, 3.63) is 40.7 Å². The first-order valence-corrected chi connectivity index (χ1v) is 11.8. The SMILES string of the molecule is O=S(=O)(c1cccc(Cl)c1)c1nnn2c1nc(NC[C@@H]1CCCO1)c1sccc12. The van der Waals surface area contributed by atoms with Gasteiger partial charge in [0.15, 0.2) is 5.65 Å². The molecule has 0 unspecified atom stereocenters. The second-order valence-corrected chi connectivity index (χ2v) is 9.92. The maximum absolute atomic E-state index is 13.2. The van der Waals surface area contributed by atoms with Crippen molar-refractivity contribution in [2.75, 3.05) is 18.5 Å². The second kappa shape index (κ2) is 7.21. The van der Waals surface area contributed by atoms with Crippen LogP contribution in [0.2, 0.25) is 5.02 Å². The molecule has 5 rings (SSSR count). The molecule has 1 aromatic carbocycles. The van der Waals surface area contributed by atoms with E-state index in [0.29, 0.717) is 17.4 Å². The standard InChI is InChI=1S/C18H16ClN5O3S2/c19-11-3-1-5-13(9-11)29(25,26)18-17-21-16(20-10-12-4-2-7-27-12)15-14(6-8-28-15)24(17)23-22-18/h1,3,5-6,8-9,12H,2,4,7,10H2,(H,20,21)/t12-/m0/s1. The minimum Gasteiger partial charge on any atom is -0.376 e. The first kappa shape index (κ1) is 18.7. The molecule has 8 nitrogen and oxygen atoms in total. The van der Waals surface area contributed by atoms with E-state index >= 15 is 0 Å². The zero-order chi connectivity index (χ0) is 20.0. The molecule has 11 heteroatoms. The molecule has 1 fully saturated rings. The van der Waals surface area contributed by atoms with E-state index in [1.54, 1.807) is 12.1 Å². The first-order chi connectivity index (χ1) is 14.0. The molecule has 1 N–H and O–H groups in total. The van der Waals surface area contributed by atoms with E-state index in [9.17, 15) is 8.42 Å². The Kier molecular flexibility index (Phi) is 4.66. The molecule has 1 aliphatic heterocycles. The third-order valence-electron chi connectivity index (χ3n) is 4.80. The topological polar surface area (TPSA) is 98.5 Å². The van der Waals surface area contributed by atoms with Crippen molar-refractivity contribution in [1.29, 1.82) is 0 Å². The highest BCUT2D eigenvalue weighted by molar-refractivity contribution is 7.91. The van der Waals surface area contributed by atoms with Crippen LogP contribution in [0.5, 0.6) is 0 Å². The summed E-state index contributed by atoms with van der Waals surface area (Å²) in [4.78, 5) is 4.63. The summed E-state index contributed by atoms with van der Waals surface area (Å²) < 4.78 is 34.3. The van der Waals surface area contributed by atoms with Crippen LogP contribution in [0.1, 0.15) is 12.8 Å². The van der Waals surface area contributed by atoms with Crippen LogP contribution in [0, 0.1) is 0 Å². The van der Waals surface area contributed by atoms with Crippen LogP contribution in [0.15, 0.2) is 45.6 Å². The quantitative estimate of drug-likeness (QED) is 0.498. The summed E-state index contributed by atoms with van der Waals surface area (Å²) in [6, 6.07) is 7.94. The van der Waals surface area contributed by atoms with Crippen molar-refractivity contribution in [3.8, 4) is 0 Å². The zero-order valence-electron chi connectivity index (χ0n) is 15.1. The minimum atomic E-state index is -3.93. The van der Waals surface area contributed by atoms with Crippen molar-refractivity contribution >= 4 is 54.5 Å². The minimum absolute atomic E-state index is 0.0495. The molecule has 4 aromatic rings. The Labute approximate surface area is 175 Å². The predicted molar refractivity (Wildman–Crippen MR) is 111 cm³/mol. The Morgan fingerprint density at radius 3 is 3.03 bits per heavy atom. The molecule has 0 amide bonds. The Bertz CT molecular complexity index is 1310. The van der Waals surface area contributed by atoms with Gasteiger partial charge in [0.2, 0.25) is 14.9 Å². The summed E-state index contributed by atoms with van der Waals surface area (Å²) in [6.45, 7) is 1.37. The third kappa shape index (κ3) is 3.25. The molecule has 0 bridgehead atoms. The van der Waals surface area contributed by atoms with E-state index in [0.717, 1.165) is 29.7 Å². The number of hydrogen-bond donors (Lipinski definition) is 1. The number of sulfone groups is 1. The lowest BCUT2D eigenvalue weighted by molar-refractivity contribution is 0.120. The average molecular weight is 450 g/mol. The van der Waals surface area contributed by atoms with Gasteiger partial charge in [-0.25, -0.2) is 13.4 Å². The van der Waals surface area contributed by atoms with Gasteiger partial charge in [-0.1, -0.05) is 22.9 Å². The third-order valence-corrected chi connectivity index (χ3v) is 7.60. The Morgan fingerprint density at radius 1 is 1.34 bits per heavy atom. The van der Waals surface area contributed by atoms with E-state index in [4.69, 9.17) is 16.3 Å². The van der Waals surface area contributed by atoms with Crippen molar-refractivity contribution in [2.45, 2.75) is 28.9 Å². The van der Waals surface area contributed by atoms with Crippen molar-refractivity contribution in [2.24, 2.45) is 0 Å². The number of fused-ring (bicyclic) bond motifs is 3. The largest absolute Gasteiger partial charge is 0.376 e. The summed E-state index contributed by atoms with van der Waals surface area (Å²) >= 11 is 7.49. The highest BCUT2D eigenvalue weighted by Gasteiger charge is 2.28. The number of nitrogens with zero attached hydrogens (tertiary/aromatic N) is 4. The summed E-state index contributed by atoms with van der Waals surface area (Å²) in [7, 11) is -3.93. The number of ether oxygens (including phenoxy) is 1. The Hall–Kier alpha value is -2.27. The van der Waals surface area contributed by atoms with Crippen molar-refractivity contribution in [1.82, 2.24) is 19.8 Å². The van der Waals surface area contributed by atoms with E-state index in [1.807, 2.05) is 11.4 Å². The fraction of sp³-hybridized carbons (Fsp3) is 0.278. The number of nitrogens with one attached hydrogen (secondary N) is 1. The monoisotopic (exact) mass is 449 g/mol. The zero-order valence-corrected chi connectivity index (χ0v) is 17.5. The summed E-state index contributed by atoms with van der Waals surface area (Å²) in [5, 5.41) is 13.4. The number of benzene rings is 1. The van der Waals surface area contributed by atoms with Gasteiger partial charge >= 0.3 is 0 Å². The number of thiophene rings is 1. The smallest absolute Gasteiger partial charge is 0.229 e.